The van der Waals surface area contributed by atoms with E-state index in [-0.39, 0.29) is 0 Å². The zero-order chi connectivity index (χ0) is 20.5. The lowest BCUT2D eigenvalue weighted by molar-refractivity contribution is 0.879. The fourth-order valence-electron chi connectivity index (χ4n) is 3.36. The molecule has 2 aromatic carbocycles. The summed E-state index contributed by atoms with van der Waals surface area (Å²) >= 11 is 0. The van der Waals surface area contributed by atoms with Crippen LogP contribution in [0.1, 0.15) is 11.1 Å². The topological polar surface area (TPSA) is 74.3 Å². The molecule has 0 saturated heterocycles. The quantitative estimate of drug-likeness (QED) is 0.458. The predicted molar refractivity (Wildman–Crippen MR) is 114 cm³/mol. The summed E-state index contributed by atoms with van der Waals surface area (Å²) in [6, 6.07) is 20.1. The van der Waals surface area contributed by atoms with Gasteiger partial charge in [0.25, 0.3) is 0 Å². The smallest absolute Gasteiger partial charge is 0.182 e. The van der Waals surface area contributed by atoms with Crippen LogP contribution in [0.25, 0.3) is 34.3 Å². The Morgan fingerprint density at radius 3 is 2.40 bits per heavy atom. The molecule has 30 heavy (non-hydrogen) atoms. The third-order valence-corrected chi connectivity index (χ3v) is 5.13. The van der Waals surface area contributed by atoms with Crippen molar-refractivity contribution in [2.75, 3.05) is 0 Å². The molecule has 7 heteroatoms. The molecular formula is C23H19N7. The van der Waals surface area contributed by atoms with Crippen LogP contribution in [0.3, 0.4) is 0 Å². The first-order valence-electron chi connectivity index (χ1n) is 9.61. The van der Waals surface area contributed by atoms with Gasteiger partial charge in [-0.1, -0.05) is 42.5 Å². The first kappa shape index (κ1) is 17.9. The largest absolute Gasteiger partial charge is 0.272 e. The average molecular weight is 393 g/mol. The summed E-state index contributed by atoms with van der Waals surface area (Å²) in [6.45, 7) is 4.21. The summed E-state index contributed by atoms with van der Waals surface area (Å²) in [6.07, 6.45) is 5.00. The Bertz CT molecular complexity index is 1300. The molecule has 0 unspecified atom stereocenters. The molecule has 7 nitrogen and oxygen atoms in total. The van der Waals surface area contributed by atoms with Gasteiger partial charge in [-0.25, -0.2) is 14.6 Å². The Labute approximate surface area is 173 Å². The maximum absolute atomic E-state index is 4.90. The van der Waals surface area contributed by atoms with E-state index in [0.29, 0.717) is 11.6 Å². The number of hydrogen-bond donors (Lipinski definition) is 0. The third kappa shape index (κ3) is 3.16. The van der Waals surface area contributed by atoms with E-state index in [1.807, 2.05) is 53.2 Å². The van der Waals surface area contributed by atoms with Gasteiger partial charge in [0.15, 0.2) is 11.6 Å². The highest BCUT2D eigenvalue weighted by Gasteiger charge is 2.17. The van der Waals surface area contributed by atoms with Gasteiger partial charge in [-0.3, -0.25) is 4.57 Å². The van der Waals surface area contributed by atoms with Crippen molar-refractivity contribution in [2.45, 2.75) is 13.8 Å². The summed E-state index contributed by atoms with van der Waals surface area (Å²) in [7, 11) is 0. The van der Waals surface area contributed by atoms with Crippen LogP contribution in [0.2, 0.25) is 0 Å². The highest BCUT2D eigenvalue weighted by Crippen LogP contribution is 2.28. The number of rotatable bonds is 4. The van der Waals surface area contributed by atoms with Crippen LogP contribution < -0.4 is 0 Å². The maximum atomic E-state index is 4.90. The standard InChI is InChI=1S/C23H19N7/c1-16-7-6-10-20(17(16)2)30-23(27-22(28-30)18-8-4-3-5-9-18)19-11-12-24-21(13-19)29-14-25-26-15-29/h3-15H,1-2H3. The number of benzene rings is 2. The molecule has 3 aromatic heterocycles. The van der Waals surface area contributed by atoms with Crippen molar-refractivity contribution in [3.63, 3.8) is 0 Å². The molecule has 0 aliphatic carbocycles. The lowest BCUT2D eigenvalue weighted by atomic mass is 10.1. The first-order valence-corrected chi connectivity index (χ1v) is 9.61. The molecule has 146 valence electrons. The van der Waals surface area contributed by atoms with Gasteiger partial charge in [0.05, 0.1) is 5.69 Å². The Morgan fingerprint density at radius 1 is 0.800 bits per heavy atom. The second kappa shape index (κ2) is 7.36. The molecule has 0 spiro atoms. The van der Waals surface area contributed by atoms with Crippen molar-refractivity contribution >= 4 is 0 Å². The molecule has 0 atom stereocenters. The van der Waals surface area contributed by atoms with Crippen LogP contribution in [0.5, 0.6) is 0 Å². The number of nitrogens with zero attached hydrogens (tertiary/aromatic N) is 7. The van der Waals surface area contributed by atoms with Gasteiger partial charge in [-0.15, -0.1) is 15.3 Å². The van der Waals surface area contributed by atoms with Crippen LogP contribution in [0.15, 0.2) is 79.5 Å². The maximum Gasteiger partial charge on any atom is 0.182 e. The van der Waals surface area contributed by atoms with Gasteiger partial charge in [-0.05, 0) is 43.2 Å². The Kier molecular flexibility index (Phi) is 4.40. The van der Waals surface area contributed by atoms with Crippen molar-refractivity contribution in [1.29, 1.82) is 0 Å². The second-order valence-electron chi connectivity index (χ2n) is 7.03. The van der Waals surface area contributed by atoms with Crippen LogP contribution in [0.4, 0.5) is 0 Å². The summed E-state index contributed by atoms with van der Waals surface area (Å²) in [5.74, 6) is 2.14. The molecule has 0 bridgehead atoms. The predicted octanol–water partition coefficient (Wildman–Crippen LogP) is 4.19. The minimum absolute atomic E-state index is 0.675. The molecular weight excluding hydrogens is 374 g/mol. The van der Waals surface area contributed by atoms with E-state index >= 15 is 0 Å². The highest BCUT2D eigenvalue weighted by atomic mass is 15.4. The summed E-state index contributed by atoms with van der Waals surface area (Å²) in [4.78, 5) is 9.34. The van der Waals surface area contributed by atoms with E-state index in [9.17, 15) is 0 Å². The minimum atomic E-state index is 0.675. The van der Waals surface area contributed by atoms with Crippen molar-refractivity contribution in [3.05, 3.63) is 90.6 Å². The molecule has 0 amide bonds. The molecule has 5 rings (SSSR count). The van der Waals surface area contributed by atoms with Crippen LogP contribution in [-0.2, 0) is 0 Å². The zero-order valence-corrected chi connectivity index (χ0v) is 16.6. The minimum Gasteiger partial charge on any atom is -0.272 e. The number of aromatic nitrogens is 7. The van der Waals surface area contributed by atoms with E-state index in [2.05, 4.69) is 41.2 Å². The molecule has 0 aliphatic rings. The van der Waals surface area contributed by atoms with E-state index in [4.69, 9.17) is 10.1 Å². The molecule has 0 saturated carbocycles. The van der Waals surface area contributed by atoms with Crippen molar-refractivity contribution in [3.8, 4) is 34.3 Å². The van der Waals surface area contributed by atoms with Crippen molar-refractivity contribution in [1.82, 2.24) is 34.5 Å². The average Bonchev–Trinajstić information content (AvgIpc) is 3.47. The van der Waals surface area contributed by atoms with E-state index in [1.165, 1.54) is 5.56 Å². The summed E-state index contributed by atoms with van der Waals surface area (Å²) in [5.41, 5.74) is 5.24. The van der Waals surface area contributed by atoms with Crippen LogP contribution >= 0.6 is 0 Å². The van der Waals surface area contributed by atoms with Gasteiger partial charge in [-0.2, -0.15) is 0 Å². The summed E-state index contributed by atoms with van der Waals surface area (Å²) in [5, 5.41) is 12.6. The zero-order valence-electron chi connectivity index (χ0n) is 16.6. The molecule has 0 fully saturated rings. The van der Waals surface area contributed by atoms with E-state index < -0.39 is 0 Å². The number of aryl methyl sites for hydroxylation is 1. The summed E-state index contributed by atoms with van der Waals surface area (Å²) < 4.78 is 3.68. The van der Waals surface area contributed by atoms with Crippen LogP contribution in [-0.4, -0.2) is 34.5 Å². The lowest BCUT2D eigenvalue weighted by Crippen LogP contribution is -2.04. The number of pyridine rings is 1. The Morgan fingerprint density at radius 2 is 1.60 bits per heavy atom. The molecule has 0 N–H and O–H groups in total. The lowest BCUT2D eigenvalue weighted by Gasteiger charge is -2.11. The SMILES string of the molecule is Cc1cccc(-n2nc(-c3ccccc3)nc2-c2ccnc(-n3cnnc3)c2)c1C. The van der Waals surface area contributed by atoms with Gasteiger partial charge >= 0.3 is 0 Å². The van der Waals surface area contributed by atoms with E-state index in [1.54, 1.807) is 23.4 Å². The second-order valence-corrected chi connectivity index (χ2v) is 7.03. The fourth-order valence-corrected chi connectivity index (χ4v) is 3.36. The molecule has 5 aromatic rings. The van der Waals surface area contributed by atoms with Gasteiger partial charge in [0.1, 0.15) is 18.5 Å². The Balaban J connectivity index is 1.72. The monoisotopic (exact) mass is 393 g/mol. The first-order chi connectivity index (χ1) is 14.7. The van der Waals surface area contributed by atoms with E-state index in [0.717, 1.165) is 28.2 Å². The van der Waals surface area contributed by atoms with Crippen molar-refractivity contribution < 1.29 is 0 Å². The highest BCUT2D eigenvalue weighted by molar-refractivity contribution is 5.65. The Hall–Kier alpha value is -4.13. The van der Waals surface area contributed by atoms with Crippen molar-refractivity contribution in [2.24, 2.45) is 0 Å². The van der Waals surface area contributed by atoms with Gasteiger partial charge < -0.3 is 0 Å². The third-order valence-electron chi connectivity index (χ3n) is 5.13. The van der Waals surface area contributed by atoms with Crippen LogP contribution in [0, 0.1) is 13.8 Å². The molecule has 0 aliphatic heterocycles. The number of hydrogen-bond acceptors (Lipinski definition) is 5. The molecule has 3 heterocycles. The van der Waals surface area contributed by atoms with Gasteiger partial charge in [0, 0.05) is 17.3 Å². The van der Waals surface area contributed by atoms with Gasteiger partial charge in [0.2, 0.25) is 0 Å². The fraction of sp³-hybridized carbons (Fsp3) is 0.0870. The normalized spacial score (nSPS) is 11.0. The molecule has 0 radical (unpaired) electrons.